The average Bonchev–Trinajstić information content (AvgIpc) is 2.95. The molecule has 21 heavy (non-hydrogen) atoms. The van der Waals surface area contributed by atoms with Crippen LogP contribution in [-0.2, 0) is 12.1 Å². The fourth-order valence-corrected chi connectivity index (χ4v) is 2.87. The summed E-state index contributed by atoms with van der Waals surface area (Å²) in [6.45, 7) is 7.12. The van der Waals surface area contributed by atoms with Gasteiger partial charge in [-0.05, 0) is 49.9 Å². The van der Waals surface area contributed by atoms with Crippen molar-refractivity contribution in [1.82, 2.24) is 5.32 Å². The number of aliphatic hydroxyl groups is 1. The lowest BCUT2D eigenvalue weighted by Crippen LogP contribution is -2.34. The Kier molecular flexibility index (Phi) is 5.39. The first-order chi connectivity index (χ1) is 9.97. The Morgan fingerprint density at radius 2 is 1.95 bits per heavy atom. The summed E-state index contributed by atoms with van der Waals surface area (Å²) in [6.07, 6.45) is 0.190. The van der Waals surface area contributed by atoms with E-state index in [0.717, 1.165) is 17.2 Å². The van der Waals surface area contributed by atoms with Crippen LogP contribution in [0.25, 0.3) is 0 Å². The molecule has 0 bridgehead atoms. The van der Waals surface area contributed by atoms with E-state index in [9.17, 15) is 5.11 Å². The van der Waals surface area contributed by atoms with Crippen LogP contribution >= 0.6 is 11.3 Å². The molecule has 1 aromatic heterocycles. The molecule has 0 saturated carbocycles. The number of hydrogen-bond acceptors (Lipinski definition) is 4. The highest BCUT2D eigenvalue weighted by atomic mass is 32.1. The summed E-state index contributed by atoms with van der Waals surface area (Å²) in [6, 6.07) is 12.0. The molecule has 0 fully saturated rings. The molecule has 2 N–H and O–H groups in total. The minimum atomic E-state index is -0.825. The van der Waals surface area contributed by atoms with Crippen molar-refractivity contribution in [3.8, 4) is 5.75 Å². The van der Waals surface area contributed by atoms with Gasteiger partial charge in [-0.15, -0.1) is 11.3 Å². The fraction of sp³-hybridized carbons (Fsp3) is 0.412. The Labute approximate surface area is 130 Å². The van der Waals surface area contributed by atoms with Gasteiger partial charge < -0.3 is 15.2 Å². The highest BCUT2D eigenvalue weighted by Crippen LogP contribution is 2.24. The zero-order valence-electron chi connectivity index (χ0n) is 12.8. The van der Waals surface area contributed by atoms with Gasteiger partial charge in [0.05, 0.1) is 6.10 Å². The smallest absolute Gasteiger partial charge is 0.119 e. The van der Waals surface area contributed by atoms with Gasteiger partial charge in [0, 0.05) is 18.0 Å². The Hall–Kier alpha value is -1.36. The van der Waals surface area contributed by atoms with Crippen LogP contribution < -0.4 is 10.1 Å². The lowest BCUT2D eigenvalue weighted by molar-refractivity contribution is 0.0604. The monoisotopic (exact) mass is 305 g/mol. The van der Waals surface area contributed by atoms with Gasteiger partial charge in [-0.3, -0.25) is 0 Å². The molecule has 1 atom stereocenters. The second kappa shape index (κ2) is 7.07. The van der Waals surface area contributed by atoms with Crippen LogP contribution in [0.15, 0.2) is 41.8 Å². The zero-order chi connectivity index (χ0) is 15.3. The molecule has 0 aliphatic heterocycles. The van der Waals surface area contributed by atoms with Crippen LogP contribution in [0.2, 0.25) is 0 Å². The van der Waals surface area contributed by atoms with Crippen LogP contribution in [0.1, 0.15) is 31.2 Å². The molecule has 0 amide bonds. The van der Waals surface area contributed by atoms with Gasteiger partial charge in [0.15, 0.2) is 0 Å². The van der Waals surface area contributed by atoms with Crippen molar-refractivity contribution in [2.24, 2.45) is 0 Å². The van der Waals surface area contributed by atoms with Crippen molar-refractivity contribution in [2.45, 2.75) is 39.0 Å². The van der Waals surface area contributed by atoms with Crippen LogP contribution in [0.5, 0.6) is 5.75 Å². The normalized spacial score (nSPS) is 14.1. The maximum atomic E-state index is 10.4. The zero-order valence-corrected chi connectivity index (χ0v) is 13.6. The summed E-state index contributed by atoms with van der Waals surface area (Å²) in [5, 5.41) is 15.7. The fourth-order valence-electron chi connectivity index (χ4n) is 2.08. The van der Waals surface area contributed by atoms with E-state index in [1.165, 1.54) is 5.56 Å². The summed E-state index contributed by atoms with van der Waals surface area (Å²) in [5.41, 5.74) is 0.350. The van der Waals surface area contributed by atoms with Crippen molar-refractivity contribution in [2.75, 3.05) is 6.54 Å². The first kappa shape index (κ1) is 16.0. The molecule has 1 aromatic carbocycles. The predicted octanol–water partition coefficient (Wildman–Crippen LogP) is 3.53. The minimum Gasteiger partial charge on any atom is -0.491 e. The van der Waals surface area contributed by atoms with Crippen molar-refractivity contribution in [3.63, 3.8) is 0 Å². The predicted molar refractivity (Wildman–Crippen MR) is 87.8 cm³/mol. The molecular formula is C17H23NO2S. The van der Waals surface area contributed by atoms with Gasteiger partial charge in [0.2, 0.25) is 0 Å². The molecule has 0 saturated heterocycles. The highest BCUT2D eigenvalue weighted by Gasteiger charge is 2.23. The molecular weight excluding hydrogens is 282 g/mol. The Morgan fingerprint density at radius 3 is 2.52 bits per heavy atom. The third-order valence-corrected chi connectivity index (χ3v) is 4.27. The topological polar surface area (TPSA) is 41.5 Å². The number of nitrogens with one attached hydrogen (secondary N) is 1. The van der Waals surface area contributed by atoms with Crippen LogP contribution in [-0.4, -0.2) is 17.8 Å². The van der Waals surface area contributed by atoms with E-state index in [1.807, 2.05) is 62.5 Å². The maximum Gasteiger partial charge on any atom is 0.119 e. The summed E-state index contributed by atoms with van der Waals surface area (Å²) >= 11 is 1.58. The molecule has 0 spiro atoms. The third kappa shape index (κ3) is 4.84. The summed E-state index contributed by atoms with van der Waals surface area (Å²) < 4.78 is 5.62. The lowest BCUT2D eigenvalue weighted by atomic mass is 10.1. The van der Waals surface area contributed by atoms with E-state index in [0.29, 0.717) is 6.54 Å². The Bertz CT molecular complexity index is 532. The maximum absolute atomic E-state index is 10.4. The second-order valence-electron chi connectivity index (χ2n) is 5.67. The molecule has 1 heterocycles. The SMILES string of the molecule is CC(C)Oc1ccc(CNCC(C)(O)c2cccs2)cc1. The van der Waals surface area contributed by atoms with Gasteiger partial charge in [0.25, 0.3) is 0 Å². The molecule has 2 rings (SSSR count). The number of benzene rings is 1. The van der Waals surface area contributed by atoms with E-state index < -0.39 is 5.60 Å². The molecule has 0 aliphatic rings. The molecule has 3 nitrogen and oxygen atoms in total. The van der Waals surface area contributed by atoms with Crippen molar-refractivity contribution < 1.29 is 9.84 Å². The highest BCUT2D eigenvalue weighted by molar-refractivity contribution is 7.10. The van der Waals surface area contributed by atoms with Gasteiger partial charge in [-0.25, -0.2) is 0 Å². The van der Waals surface area contributed by atoms with Gasteiger partial charge in [0.1, 0.15) is 11.4 Å². The van der Waals surface area contributed by atoms with Gasteiger partial charge >= 0.3 is 0 Å². The van der Waals surface area contributed by atoms with E-state index in [-0.39, 0.29) is 6.10 Å². The summed E-state index contributed by atoms with van der Waals surface area (Å²) in [4.78, 5) is 0.982. The number of thiophene rings is 1. The number of rotatable bonds is 7. The van der Waals surface area contributed by atoms with E-state index in [4.69, 9.17) is 4.74 Å². The molecule has 1 unspecified atom stereocenters. The first-order valence-electron chi connectivity index (χ1n) is 7.20. The summed E-state index contributed by atoms with van der Waals surface area (Å²) in [5.74, 6) is 0.888. The van der Waals surface area contributed by atoms with Crippen LogP contribution in [0.3, 0.4) is 0 Å². The van der Waals surface area contributed by atoms with Crippen LogP contribution in [0.4, 0.5) is 0 Å². The molecule has 0 aliphatic carbocycles. The summed E-state index contributed by atoms with van der Waals surface area (Å²) in [7, 11) is 0. The number of ether oxygens (including phenoxy) is 1. The standard InChI is InChI=1S/C17H23NO2S/c1-13(2)20-15-8-6-14(7-9-15)11-18-12-17(3,19)16-5-4-10-21-16/h4-10,13,18-19H,11-12H2,1-3H3. The van der Waals surface area contributed by atoms with E-state index in [2.05, 4.69) is 5.32 Å². The van der Waals surface area contributed by atoms with Crippen molar-refractivity contribution in [3.05, 3.63) is 52.2 Å². The minimum absolute atomic E-state index is 0.190. The Balaban J connectivity index is 1.83. The molecule has 2 aromatic rings. The van der Waals surface area contributed by atoms with Crippen LogP contribution in [0, 0.1) is 0 Å². The number of hydrogen-bond donors (Lipinski definition) is 2. The van der Waals surface area contributed by atoms with E-state index >= 15 is 0 Å². The molecule has 114 valence electrons. The largest absolute Gasteiger partial charge is 0.491 e. The van der Waals surface area contributed by atoms with Crippen molar-refractivity contribution in [1.29, 1.82) is 0 Å². The lowest BCUT2D eigenvalue weighted by Gasteiger charge is -2.22. The molecule has 4 heteroatoms. The van der Waals surface area contributed by atoms with E-state index in [1.54, 1.807) is 11.3 Å². The van der Waals surface area contributed by atoms with Gasteiger partial charge in [-0.2, -0.15) is 0 Å². The Morgan fingerprint density at radius 1 is 1.24 bits per heavy atom. The average molecular weight is 305 g/mol. The van der Waals surface area contributed by atoms with Gasteiger partial charge in [-0.1, -0.05) is 18.2 Å². The molecule has 0 radical (unpaired) electrons. The quantitative estimate of drug-likeness (QED) is 0.822. The first-order valence-corrected chi connectivity index (χ1v) is 8.08. The van der Waals surface area contributed by atoms with Crippen molar-refractivity contribution >= 4 is 11.3 Å². The second-order valence-corrected chi connectivity index (χ2v) is 6.61. The third-order valence-electron chi connectivity index (χ3n) is 3.15.